The quantitative estimate of drug-likeness (QED) is 0.426. The second-order valence-corrected chi connectivity index (χ2v) is 8.24. The van der Waals surface area contributed by atoms with Crippen LogP contribution in [0.3, 0.4) is 0 Å². The van der Waals surface area contributed by atoms with E-state index in [-0.39, 0.29) is 0 Å². The molecule has 1 aliphatic carbocycles. The molecule has 2 atom stereocenters. The number of aromatic nitrogens is 1. The molecule has 1 fully saturated rings. The first-order valence-corrected chi connectivity index (χ1v) is 11.7. The van der Waals surface area contributed by atoms with Crippen molar-refractivity contribution in [3.05, 3.63) is 39.6 Å². The van der Waals surface area contributed by atoms with Crippen LogP contribution in [-0.2, 0) is 6.54 Å². The molecule has 0 spiro atoms. The Morgan fingerprint density at radius 3 is 2.34 bits per heavy atom. The minimum Gasteiger partial charge on any atom is -0.360 e. The summed E-state index contributed by atoms with van der Waals surface area (Å²) < 4.78 is 5.75. The first-order chi connectivity index (χ1) is 14.0. The fourth-order valence-corrected chi connectivity index (χ4v) is 4.16. The molecule has 1 saturated carbocycles. The van der Waals surface area contributed by atoms with Gasteiger partial charge in [-0.25, -0.2) is 0 Å². The van der Waals surface area contributed by atoms with Crippen molar-refractivity contribution < 1.29 is 4.52 Å². The van der Waals surface area contributed by atoms with Crippen molar-refractivity contribution in [2.24, 2.45) is 0 Å². The van der Waals surface area contributed by atoms with Crippen LogP contribution in [0.15, 0.2) is 22.7 Å². The van der Waals surface area contributed by atoms with E-state index in [9.17, 15) is 0 Å². The lowest BCUT2D eigenvalue weighted by Gasteiger charge is -2.22. The molecule has 3 rings (SSSR count). The third-order valence-corrected chi connectivity index (χ3v) is 5.85. The molecular formula is C23H35Cl2N3O. The molecule has 162 valence electrons. The van der Waals surface area contributed by atoms with E-state index in [1.54, 1.807) is 0 Å². The van der Waals surface area contributed by atoms with Crippen molar-refractivity contribution in [3.8, 4) is 11.3 Å². The second kappa shape index (κ2) is 11.9. The average Bonchev–Trinajstić information content (AvgIpc) is 3.48. The van der Waals surface area contributed by atoms with Crippen molar-refractivity contribution in [2.75, 3.05) is 6.54 Å². The lowest BCUT2D eigenvalue weighted by molar-refractivity contribution is 0.379. The molecular weight excluding hydrogens is 405 g/mol. The van der Waals surface area contributed by atoms with Crippen molar-refractivity contribution in [2.45, 2.75) is 84.8 Å². The highest BCUT2D eigenvalue weighted by molar-refractivity contribution is 6.39. The summed E-state index contributed by atoms with van der Waals surface area (Å²) in [7, 11) is 0. The lowest BCUT2D eigenvalue weighted by atomic mass is 10.0. The van der Waals surface area contributed by atoms with Gasteiger partial charge in [0.15, 0.2) is 0 Å². The SMILES string of the molecule is CC.CCNC(C)CC(CC)NCc1c(-c2c(Cl)cccc2Cl)noc1C1CC1. The smallest absolute Gasteiger partial charge is 0.144 e. The molecule has 4 nitrogen and oxygen atoms in total. The summed E-state index contributed by atoms with van der Waals surface area (Å²) in [5, 5.41) is 12.8. The fraction of sp³-hybridized carbons (Fsp3) is 0.609. The number of nitrogens with one attached hydrogen (secondary N) is 2. The maximum atomic E-state index is 6.44. The number of nitrogens with zero attached hydrogens (tertiary/aromatic N) is 1. The van der Waals surface area contributed by atoms with E-state index in [0.717, 1.165) is 54.8 Å². The molecule has 2 aromatic rings. The predicted octanol–water partition coefficient (Wildman–Crippen LogP) is 6.81. The standard InChI is InChI=1S/C21H29Cl2N3O.C2H6/c1-4-15(11-13(3)24-5-2)25-12-16-20(26-27-21(16)14-9-10-14)19-17(22)7-6-8-18(19)23;1-2/h6-8,13-15,24-25H,4-5,9-12H2,1-3H3;1-2H3. The molecule has 2 N–H and O–H groups in total. The summed E-state index contributed by atoms with van der Waals surface area (Å²) in [6.45, 7) is 12.3. The van der Waals surface area contributed by atoms with E-state index in [1.165, 1.54) is 0 Å². The predicted molar refractivity (Wildman–Crippen MR) is 124 cm³/mol. The van der Waals surface area contributed by atoms with Crippen LogP contribution in [0.2, 0.25) is 10.0 Å². The fourth-order valence-electron chi connectivity index (χ4n) is 3.58. The zero-order valence-corrected chi connectivity index (χ0v) is 19.8. The summed E-state index contributed by atoms with van der Waals surface area (Å²) in [6.07, 6.45) is 4.47. The van der Waals surface area contributed by atoms with Gasteiger partial charge in [-0.1, -0.05) is 62.1 Å². The molecule has 1 aromatic heterocycles. The summed E-state index contributed by atoms with van der Waals surface area (Å²) in [4.78, 5) is 0. The van der Waals surface area contributed by atoms with Gasteiger partial charge in [0.05, 0.1) is 10.0 Å². The van der Waals surface area contributed by atoms with Crippen molar-refractivity contribution >= 4 is 23.2 Å². The number of rotatable bonds is 10. The summed E-state index contributed by atoms with van der Waals surface area (Å²) >= 11 is 12.9. The zero-order valence-electron chi connectivity index (χ0n) is 18.3. The van der Waals surface area contributed by atoms with E-state index in [1.807, 2.05) is 32.0 Å². The van der Waals surface area contributed by atoms with Gasteiger partial charge in [0.25, 0.3) is 0 Å². The van der Waals surface area contributed by atoms with E-state index < -0.39 is 0 Å². The van der Waals surface area contributed by atoms with Gasteiger partial charge in [0.2, 0.25) is 0 Å². The van der Waals surface area contributed by atoms with E-state index in [4.69, 9.17) is 27.7 Å². The van der Waals surface area contributed by atoms with E-state index >= 15 is 0 Å². The molecule has 1 heterocycles. The van der Waals surface area contributed by atoms with Crippen LogP contribution in [-0.4, -0.2) is 23.8 Å². The Labute approximate surface area is 185 Å². The Morgan fingerprint density at radius 1 is 1.14 bits per heavy atom. The zero-order chi connectivity index (χ0) is 21.4. The van der Waals surface area contributed by atoms with Gasteiger partial charge in [-0.2, -0.15) is 0 Å². The highest BCUT2D eigenvalue weighted by atomic mass is 35.5. The molecule has 0 bridgehead atoms. The molecule has 6 heteroatoms. The van der Waals surface area contributed by atoms with Gasteiger partial charge in [0.1, 0.15) is 11.5 Å². The topological polar surface area (TPSA) is 50.1 Å². The Balaban J connectivity index is 0.00000145. The highest BCUT2D eigenvalue weighted by Gasteiger charge is 2.33. The van der Waals surface area contributed by atoms with Gasteiger partial charge in [-0.15, -0.1) is 0 Å². The molecule has 0 saturated heterocycles. The molecule has 1 aromatic carbocycles. The Morgan fingerprint density at radius 2 is 1.79 bits per heavy atom. The van der Waals surface area contributed by atoms with Crippen molar-refractivity contribution in [1.29, 1.82) is 0 Å². The van der Waals surface area contributed by atoms with Gasteiger partial charge in [0, 0.05) is 35.7 Å². The van der Waals surface area contributed by atoms with Gasteiger partial charge < -0.3 is 15.2 Å². The minimum absolute atomic E-state index is 0.426. The number of halogens is 2. The van der Waals surface area contributed by atoms with Crippen LogP contribution in [0, 0.1) is 0 Å². The van der Waals surface area contributed by atoms with Crippen molar-refractivity contribution in [3.63, 3.8) is 0 Å². The summed E-state index contributed by atoms with van der Waals surface area (Å²) in [5.41, 5.74) is 2.64. The van der Waals surface area contributed by atoms with Crippen molar-refractivity contribution in [1.82, 2.24) is 15.8 Å². The number of benzene rings is 1. The third-order valence-electron chi connectivity index (χ3n) is 5.22. The molecule has 0 amide bonds. The Hall–Kier alpha value is -1.07. The normalized spacial score (nSPS) is 15.6. The molecule has 0 radical (unpaired) electrons. The van der Waals surface area contributed by atoms with Crippen LogP contribution >= 0.6 is 23.2 Å². The maximum Gasteiger partial charge on any atom is 0.144 e. The third kappa shape index (κ3) is 6.45. The monoisotopic (exact) mass is 439 g/mol. The Bertz CT molecular complexity index is 738. The molecule has 1 aliphatic rings. The van der Waals surface area contributed by atoms with Gasteiger partial charge in [-0.3, -0.25) is 0 Å². The van der Waals surface area contributed by atoms with Crippen LogP contribution in [0.5, 0.6) is 0 Å². The lowest BCUT2D eigenvalue weighted by Crippen LogP contribution is -2.36. The maximum absolute atomic E-state index is 6.44. The summed E-state index contributed by atoms with van der Waals surface area (Å²) in [6, 6.07) is 6.45. The van der Waals surface area contributed by atoms with Crippen LogP contribution in [0.1, 0.15) is 77.5 Å². The minimum atomic E-state index is 0.426. The Kier molecular flexibility index (Phi) is 9.97. The second-order valence-electron chi connectivity index (χ2n) is 7.43. The van der Waals surface area contributed by atoms with Gasteiger partial charge >= 0.3 is 0 Å². The summed E-state index contributed by atoms with van der Waals surface area (Å²) in [5.74, 6) is 1.47. The first-order valence-electron chi connectivity index (χ1n) is 10.9. The molecule has 2 unspecified atom stereocenters. The molecule has 29 heavy (non-hydrogen) atoms. The van der Waals surface area contributed by atoms with Crippen LogP contribution < -0.4 is 10.6 Å². The van der Waals surface area contributed by atoms with Crippen LogP contribution in [0.25, 0.3) is 11.3 Å². The molecule has 0 aliphatic heterocycles. The number of hydrogen-bond acceptors (Lipinski definition) is 4. The largest absolute Gasteiger partial charge is 0.360 e. The first kappa shape index (κ1) is 24.2. The van der Waals surface area contributed by atoms with E-state index in [0.29, 0.717) is 34.6 Å². The van der Waals surface area contributed by atoms with Crippen LogP contribution in [0.4, 0.5) is 0 Å². The van der Waals surface area contributed by atoms with Gasteiger partial charge in [-0.05, 0) is 51.3 Å². The van der Waals surface area contributed by atoms with E-state index in [2.05, 4.69) is 36.6 Å². The highest BCUT2D eigenvalue weighted by Crippen LogP contribution is 2.45. The number of hydrogen-bond donors (Lipinski definition) is 2. The average molecular weight is 440 g/mol.